The first kappa shape index (κ1) is 33.8. The summed E-state index contributed by atoms with van der Waals surface area (Å²) in [7, 11) is 0. The van der Waals surface area contributed by atoms with Gasteiger partial charge in [0.05, 0.1) is 54.6 Å². The molecule has 0 saturated carbocycles. The molecule has 0 spiro atoms. The monoisotopic (exact) mass is 704 g/mol. The van der Waals surface area contributed by atoms with E-state index in [0.29, 0.717) is 52.1 Å². The van der Waals surface area contributed by atoms with Crippen molar-refractivity contribution in [3.05, 3.63) is 140 Å². The van der Waals surface area contributed by atoms with Gasteiger partial charge in [0.2, 0.25) is 0 Å². The number of nitro benzene ring substituents is 2. The lowest BCUT2D eigenvalue weighted by molar-refractivity contribution is -0.385. The molecule has 0 radical (unpaired) electrons. The Morgan fingerprint density at radius 3 is 1.34 bits per heavy atom. The van der Waals surface area contributed by atoms with Crippen molar-refractivity contribution in [2.24, 2.45) is 0 Å². The van der Waals surface area contributed by atoms with Gasteiger partial charge >= 0.3 is 18.5 Å². The second-order valence-electron chi connectivity index (χ2n) is 10.8. The first-order chi connectivity index (χ1) is 23.4. The van der Waals surface area contributed by atoms with Crippen LogP contribution in [0.5, 0.6) is 0 Å². The van der Waals surface area contributed by atoms with E-state index in [1.165, 1.54) is 16.7 Å². The van der Waals surface area contributed by atoms with Crippen LogP contribution in [-0.2, 0) is 18.5 Å². The Labute approximate surface area is 273 Å². The zero-order chi connectivity index (χ0) is 36.3. The van der Waals surface area contributed by atoms with E-state index in [9.17, 15) is 59.7 Å². The van der Waals surface area contributed by atoms with E-state index in [1.807, 2.05) is 0 Å². The Morgan fingerprint density at radius 2 is 0.940 bits per heavy atom. The molecule has 8 nitrogen and oxygen atoms in total. The summed E-state index contributed by atoms with van der Waals surface area (Å²) in [6.45, 7) is 0. The summed E-state index contributed by atoms with van der Waals surface area (Å²) >= 11 is 0. The van der Waals surface area contributed by atoms with Crippen LogP contribution in [-0.4, -0.2) is 14.4 Å². The number of rotatable bonds is 6. The quantitative estimate of drug-likeness (QED) is 0.0977. The Balaban J connectivity index is 1.72. The minimum absolute atomic E-state index is 0.0259. The molecule has 0 unspecified atom stereocenters. The van der Waals surface area contributed by atoms with Crippen molar-refractivity contribution in [2.75, 3.05) is 4.90 Å². The average Bonchev–Trinajstić information content (AvgIpc) is 3.38. The van der Waals surface area contributed by atoms with Crippen molar-refractivity contribution >= 4 is 50.2 Å². The zero-order valence-electron chi connectivity index (χ0n) is 24.6. The molecular weight excluding hydrogens is 687 g/mol. The number of alkyl halides is 9. The highest BCUT2D eigenvalue weighted by atomic mass is 19.4. The molecule has 0 aliphatic carbocycles. The number of benzene rings is 5. The van der Waals surface area contributed by atoms with Crippen LogP contribution in [0, 0.1) is 20.2 Å². The fraction of sp³-hybridized carbons (Fsp3) is 0.0909. The van der Waals surface area contributed by atoms with E-state index in [0.717, 1.165) is 12.1 Å². The van der Waals surface area contributed by atoms with Crippen LogP contribution in [0.4, 0.5) is 68.0 Å². The summed E-state index contributed by atoms with van der Waals surface area (Å²) in [4.78, 5) is 20.5. The minimum atomic E-state index is -5.48. The second-order valence-corrected chi connectivity index (χ2v) is 10.8. The number of para-hydroxylation sites is 2. The van der Waals surface area contributed by atoms with Crippen molar-refractivity contribution < 1.29 is 49.4 Å². The summed E-state index contributed by atoms with van der Waals surface area (Å²) in [6, 6.07) is 17.0. The molecule has 17 heteroatoms. The molecule has 0 aliphatic rings. The number of non-ortho nitro benzene ring substituents is 2. The van der Waals surface area contributed by atoms with Crippen LogP contribution in [0.3, 0.4) is 0 Å². The predicted octanol–water partition coefficient (Wildman–Crippen LogP) is 11.1. The van der Waals surface area contributed by atoms with Gasteiger partial charge in [-0.25, -0.2) is 0 Å². The van der Waals surface area contributed by atoms with E-state index in [1.54, 1.807) is 36.4 Å². The van der Waals surface area contributed by atoms with Crippen molar-refractivity contribution in [3.63, 3.8) is 0 Å². The van der Waals surface area contributed by atoms with Crippen molar-refractivity contribution in [1.29, 1.82) is 0 Å². The molecule has 0 amide bonds. The maximum atomic E-state index is 15.0. The normalized spacial score (nSPS) is 12.4. The smallest absolute Gasteiger partial charge is 0.309 e. The fourth-order valence-electron chi connectivity index (χ4n) is 5.79. The maximum absolute atomic E-state index is 15.0. The van der Waals surface area contributed by atoms with E-state index in [4.69, 9.17) is 0 Å². The molecule has 0 N–H and O–H groups in total. The highest BCUT2D eigenvalue weighted by molar-refractivity contribution is 6.09. The summed E-state index contributed by atoms with van der Waals surface area (Å²) in [6.07, 6.45) is -16.2. The molecule has 1 aromatic heterocycles. The van der Waals surface area contributed by atoms with E-state index in [-0.39, 0.29) is 17.0 Å². The SMILES string of the molecule is O=[N+]([O-])c1ccc(N(c2ccc(-n3c4ccccc4c4ccccc43)c(C(F)(F)F)c2)c2ccc([N+](=O)[O-])cc2C(F)(F)F)c(C(F)(F)F)c1. The number of nitrogens with zero attached hydrogens (tertiary/aromatic N) is 4. The number of anilines is 3. The van der Waals surface area contributed by atoms with E-state index >= 15 is 0 Å². The lowest BCUT2D eigenvalue weighted by Crippen LogP contribution is -2.21. The van der Waals surface area contributed by atoms with Crippen molar-refractivity contribution in [2.45, 2.75) is 18.5 Å². The highest BCUT2D eigenvalue weighted by Crippen LogP contribution is 2.50. The third-order valence-corrected chi connectivity index (χ3v) is 7.84. The van der Waals surface area contributed by atoms with E-state index < -0.39 is 79.2 Å². The van der Waals surface area contributed by atoms with Gasteiger partial charge in [0.1, 0.15) is 0 Å². The molecule has 6 aromatic rings. The van der Waals surface area contributed by atoms with Gasteiger partial charge in [-0.15, -0.1) is 0 Å². The summed E-state index contributed by atoms with van der Waals surface area (Å²) in [5.41, 5.74) is -10.6. The molecule has 5 aromatic carbocycles. The van der Waals surface area contributed by atoms with Gasteiger partial charge in [0, 0.05) is 40.7 Å². The highest BCUT2D eigenvalue weighted by Gasteiger charge is 2.42. The van der Waals surface area contributed by atoms with Crippen LogP contribution in [0.1, 0.15) is 16.7 Å². The number of hydrogen-bond acceptors (Lipinski definition) is 5. The van der Waals surface area contributed by atoms with E-state index in [2.05, 4.69) is 0 Å². The number of hydrogen-bond donors (Lipinski definition) is 0. The van der Waals surface area contributed by atoms with Crippen LogP contribution < -0.4 is 4.90 Å². The predicted molar refractivity (Wildman–Crippen MR) is 164 cm³/mol. The molecule has 0 aliphatic heterocycles. The second kappa shape index (κ2) is 11.8. The Kier molecular flexibility index (Phi) is 7.95. The topological polar surface area (TPSA) is 94.5 Å². The van der Waals surface area contributed by atoms with Crippen LogP contribution in [0.15, 0.2) is 103 Å². The first-order valence-corrected chi connectivity index (χ1v) is 14.1. The lowest BCUT2D eigenvalue weighted by atomic mass is 10.0. The molecule has 0 bridgehead atoms. The number of nitro groups is 2. The third-order valence-electron chi connectivity index (χ3n) is 7.84. The van der Waals surface area contributed by atoms with Gasteiger partial charge < -0.3 is 9.47 Å². The molecule has 0 saturated heterocycles. The number of aromatic nitrogens is 1. The lowest BCUT2D eigenvalue weighted by Gasteiger charge is -2.31. The molecule has 0 atom stereocenters. The minimum Gasteiger partial charge on any atom is -0.309 e. The van der Waals surface area contributed by atoms with Crippen molar-refractivity contribution in [1.82, 2.24) is 4.57 Å². The number of fused-ring (bicyclic) bond motifs is 3. The summed E-state index contributed by atoms with van der Waals surface area (Å²) < 4.78 is 133. The van der Waals surface area contributed by atoms with Gasteiger partial charge in [0.15, 0.2) is 0 Å². The molecule has 256 valence electrons. The first-order valence-electron chi connectivity index (χ1n) is 14.1. The maximum Gasteiger partial charge on any atom is 0.418 e. The molecule has 0 fully saturated rings. The molecule has 1 heterocycles. The molecular formula is C33H17F9N4O4. The van der Waals surface area contributed by atoms with Gasteiger partial charge in [-0.1, -0.05) is 36.4 Å². The molecule has 50 heavy (non-hydrogen) atoms. The van der Waals surface area contributed by atoms with Crippen molar-refractivity contribution in [3.8, 4) is 5.69 Å². The molecule has 6 rings (SSSR count). The zero-order valence-corrected chi connectivity index (χ0v) is 24.6. The largest absolute Gasteiger partial charge is 0.418 e. The van der Waals surface area contributed by atoms with Gasteiger partial charge in [-0.05, 0) is 42.5 Å². The van der Waals surface area contributed by atoms with Gasteiger partial charge in [-0.3, -0.25) is 20.2 Å². The van der Waals surface area contributed by atoms with Crippen LogP contribution in [0.25, 0.3) is 27.5 Å². The Morgan fingerprint density at radius 1 is 0.520 bits per heavy atom. The van der Waals surface area contributed by atoms with Crippen LogP contribution >= 0.6 is 0 Å². The Hall–Kier alpha value is -6.13. The summed E-state index contributed by atoms with van der Waals surface area (Å²) in [5.74, 6) is 0. The average molecular weight is 705 g/mol. The Bertz CT molecular complexity index is 2200. The van der Waals surface area contributed by atoms with Gasteiger partial charge in [-0.2, -0.15) is 39.5 Å². The standard InChI is InChI=1S/C33H17F9N4O4/c34-31(35,36)23-15-18(9-12-30(23)44-26-7-3-1-5-21(26)22-6-2-4-8-27(22)44)43(28-13-10-19(45(47)48)16-24(28)32(37,38)39)29-14-11-20(46(49)50)17-25(29)33(40,41)42/h1-17H. The summed E-state index contributed by atoms with van der Waals surface area (Å²) in [5, 5.41) is 23.8. The van der Waals surface area contributed by atoms with Crippen LogP contribution in [0.2, 0.25) is 0 Å². The third kappa shape index (κ3) is 5.90. The van der Waals surface area contributed by atoms with Gasteiger partial charge in [0.25, 0.3) is 11.4 Å². The fourth-order valence-corrected chi connectivity index (χ4v) is 5.79. The number of halogens is 9.